The van der Waals surface area contributed by atoms with E-state index in [2.05, 4.69) is 0 Å². The molecule has 0 nitrogen and oxygen atoms in total. The van der Waals surface area contributed by atoms with Crippen LogP contribution in [0.1, 0.15) is 0 Å². The summed E-state index contributed by atoms with van der Waals surface area (Å²) in [5, 5.41) is 1.75. The zero-order chi connectivity index (χ0) is 18.1. The van der Waals surface area contributed by atoms with Crippen molar-refractivity contribution in [3.8, 4) is 32.7 Å². The van der Waals surface area contributed by atoms with Crippen molar-refractivity contribution < 1.29 is 13.2 Å². The second kappa shape index (κ2) is 6.81. The molecule has 0 unspecified atom stereocenters. The van der Waals surface area contributed by atoms with Gasteiger partial charge in [0.2, 0.25) is 0 Å². The predicted molar refractivity (Wildman–Crippen MR) is 101 cm³/mol. The molecule has 0 aliphatic rings. The van der Waals surface area contributed by atoms with Crippen molar-refractivity contribution in [2.75, 3.05) is 0 Å². The Balaban J connectivity index is 1.77. The molecule has 0 aliphatic heterocycles. The molecule has 0 spiro atoms. The summed E-state index contributed by atoms with van der Waals surface area (Å²) in [4.78, 5) is 0.506. The van der Waals surface area contributed by atoms with E-state index in [1.54, 1.807) is 29.6 Å². The van der Waals surface area contributed by atoms with Crippen LogP contribution in [0.15, 0.2) is 78.2 Å². The predicted octanol–water partition coefficient (Wildman–Crippen LogP) is 7.17. The van der Waals surface area contributed by atoms with Gasteiger partial charge in [-0.05, 0) is 46.3 Å². The lowest BCUT2D eigenvalue weighted by atomic mass is 9.98. The maximum atomic E-state index is 14.6. The highest BCUT2D eigenvalue weighted by atomic mass is 32.1. The molecule has 4 rings (SSSR count). The number of rotatable bonds is 3. The van der Waals surface area contributed by atoms with Crippen molar-refractivity contribution in [2.24, 2.45) is 0 Å². The summed E-state index contributed by atoms with van der Waals surface area (Å²) >= 11 is 1.25. The van der Waals surface area contributed by atoms with Gasteiger partial charge < -0.3 is 0 Å². The monoisotopic (exact) mass is 366 g/mol. The minimum absolute atomic E-state index is 0.0786. The van der Waals surface area contributed by atoms with Gasteiger partial charge >= 0.3 is 0 Å². The second-order valence-electron chi connectivity index (χ2n) is 5.85. The smallest absolute Gasteiger partial charge is 0.135 e. The van der Waals surface area contributed by atoms with Crippen molar-refractivity contribution in [2.45, 2.75) is 0 Å². The Bertz CT molecular complexity index is 1030. The fourth-order valence-electron chi connectivity index (χ4n) is 2.94. The summed E-state index contributed by atoms with van der Waals surface area (Å²) in [6, 6.07) is 19.8. The average Bonchev–Trinajstić information content (AvgIpc) is 3.16. The normalized spacial score (nSPS) is 10.9. The fraction of sp³-hybridized carbons (Fsp3) is 0. The Labute approximate surface area is 153 Å². The summed E-state index contributed by atoms with van der Waals surface area (Å²) in [6.45, 7) is 0. The van der Waals surface area contributed by atoms with Crippen LogP contribution in [0.5, 0.6) is 0 Å². The van der Waals surface area contributed by atoms with Gasteiger partial charge in [0.1, 0.15) is 17.5 Å². The van der Waals surface area contributed by atoms with E-state index in [1.165, 1.54) is 29.5 Å². The quantitative estimate of drug-likeness (QED) is 0.361. The third-order valence-corrected chi connectivity index (χ3v) is 5.08. The first-order valence-electron chi connectivity index (χ1n) is 8.02. The van der Waals surface area contributed by atoms with Crippen molar-refractivity contribution in [3.05, 3.63) is 95.6 Å². The van der Waals surface area contributed by atoms with E-state index in [-0.39, 0.29) is 16.7 Å². The standard InChI is InChI=1S/C22H13F3S/c23-18-11-15(14-5-2-1-3-6-14)8-9-17(18)16-12-19(24)22(20(25)13-16)21-7-4-10-26-21/h1-13H. The Morgan fingerprint density at radius 3 is 1.88 bits per heavy atom. The van der Waals surface area contributed by atoms with Gasteiger partial charge in [0.25, 0.3) is 0 Å². The highest BCUT2D eigenvalue weighted by molar-refractivity contribution is 7.13. The summed E-state index contributed by atoms with van der Waals surface area (Å²) in [5.74, 6) is -1.92. The van der Waals surface area contributed by atoms with Crippen LogP contribution in [0, 0.1) is 17.5 Å². The molecule has 0 radical (unpaired) electrons. The van der Waals surface area contributed by atoms with E-state index in [9.17, 15) is 13.2 Å². The lowest BCUT2D eigenvalue weighted by Gasteiger charge is -2.10. The lowest BCUT2D eigenvalue weighted by Crippen LogP contribution is -1.93. The summed E-state index contributed by atoms with van der Waals surface area (Å²) < 4.78 is 43.6. The largest absolute Gasteiger partial charge is 0.206 e. The molecular formula is C22H13F3S. The molecule has 0 fully saturated rings. The molecule has 4 heteroatoms. The van der Waals surface area contributed by atoms with Gasteiger partial charge in [-0.15, -0.1) is 11.3 Å². The van der Waals surface area contributed by atoms with Crippen LogP contribution in [-0.4, -0.2) is 0 Å². The van der Waals surface area contributed by atoms with E-state index in [1.807, 2.05) is 30.3 Å². The van der Waals surface area contributed by atoms with Gasteiger partial charge in [-0.25, -0.2) is 13.2 Å². The minimum atomic E-state index is -0.700. The Morgan fingerprint density at radius 2 is 1.27 bits per heavy atom. The van der Waals surface area contributed by atoms with Crippen molar-refractivity contribution in [1.82, 2.24) is 0 Å². The number of thiophene rings is 1. The molecule has 0 N–H and O–H groups in total. The number of benzene rings is 3. The zero-order valence-electron chi connectivity index (χ0n) is 13.5. The molecule has 0 bridgehead atoms. The lowest BCUT2D eigenvalue weighted by molar-refractivity contribution is 0.590. The summed E-state index contributed by atoms with van der Waals surface area (Å²) in [7, 11) is 0. The number of halogens is 3. The zero-order valence-corrected chi connectivity index (χ0v) is 14.4. The minimum Gasteiger partial charge on any atom is -0.206 e. The topological polar surface area (TPSA) is 0 Å². The van der Waals surface area contributed by atoms with Crippen LogP contribution in [0.4, 0.5) is 13.2 Å². The van der Waals surface area contributed by atoms with Crippen molar-refractivity contribution in [1.29, 1.82) is 0 Å². The van der Waals surface area contributed by atoms with E-state index in [0.717, 1.165) is 5.56 Å². The summed E-state index contributed by atoms with van der Waals surface area (Å²) in [5.41, 5.74) is 1.86. The first-order chi connectivity index (χ1) is 12.6. The van der Waals surface area contributed by atoms with Crippen molar-refractivity contribution >= 4 is 11.3 Å². The fourth-order valence-corrected chi connectivity index (χ4v) is 3.72. The van der Waals surface area contributed by atoms with Gasteiger partial charge in [-0.2, -0.15) is 0 Å². The molecule has 4 aromatic rings. The Morgan fingerprint density at radius 1 is 0.577 bits per heavy atom. The third-order valence-electron chi connectivity index (χ3n) is 4.20. The molecule has 0 aliphatic carbocycles. The molecule has 0 saturated heterocycles. The van der Waals surface area contributed by atoms with Gasteiger partial charge in [0.05, 0.1) is 5.56 Å². The highest BCUT2D eigenvalue weighted by Crippen LogP contribution is 2.35. The molecule has 0 amide bonds. The van der Waals surface area contributed by atoms with Crippen LogP contribution >= 0.6 is 11.3 Å². The van der Waals surface area contributed by atoms with Gasteiger partial charge in [0, 0.05) is 10.4 Å². The molecule has 128 valence electrons. The Kier molecular flexibility index (Phi) is 4.35. The molecular weight excluding hydrogens is 353 g/mol. The number of hydrogen-bond acceptors (Lipinski definition) is 1. The van der Waals surface area contributed by atoms with Crippen LogP contribution in [0.3, 0.4) is 0 Å². The van der Waals surface area contributed by atoms with E-state index in [4.69, 9.17) is 0 Å². The third kappa shape index (κ3) is 3.04. The van der Waals surface area contributed by atoms with Gasteiger partial charge in [-0.1, -0.05) is 48.5 Å². The van der Waals surface area contributed by atoms with E-state index >= 15 is 0 Å². The molecule has 0 saturated carbocycles. The van der Waals surface area contributed by atoms with Gasteiger partial charge in [0.15, 0.2) is 0 Å². The molecule has 1 aromatic heterocycles. The average molecular weight is 366 g/mol. The van der Waals surface area contributed by atoms with Gasteiger partial charge in [-0.3, -0.25) is 0 Å². The Hall–Kier alpha value is -2.85. The highest BCUT2D eigenvalue weighted by Gasteiger charge is 2.16. The first-order valence-corrected chi connectivity index (χ1v) is 8.90. The summed E-state index contributed by atoms with van der Waals surface area (Å²) in [6.07, 6.45) is 0. The second-order valence-corrected chi connectivity index (χ2v) is 6.80. The molecule has 0 atom stereocenters. The van der Waals surface area contributed by atoms with E-state index < -0.39 is 17.5 Å². The first kappa shape index (κ1) is 16.6. The van der Waals surface area contributed by atoms with Crippen LogP contribution < -0.4 is 0 Å². The SMILES string of the molecule is Fc1cc(-c2ccccc2)ccc1-c1cc(F)c(-c2cccs2)c(F)c1. The van der Waals surface area contributed by atoms with Crippen molar-refractivity contribution in [3.63, 3.8) is 0 Å². The number of hydrogen-bond donors (Lipinski definition) is 0. The maximum Gasteiger partial charge on any atom is 0.135 e. The van der Waals surface area contributed by atoms with Crippen LogP contribution in [0.25, 0.3) is 32.7 Å². The van der Waals surface area contributed by atoms with Crippen LogP contribution in [-0.2, 0) is 0 Å². The van der Waals surface area contributed by atoms with Crippen LogP contribution in [0.2, 0.25) is 0 Å². The van der Waals surface area contributed by atoms with E-state index in [0.29, 0.717) is 10.4 Å². The molecule has 1 heterocycles. The molecule has 3 aromatic carbocycles. The molecule has 26 heavy (non-hydrogen) atoms. The maximum absolute atomic E-state index is 14.6.